The summed E-state index contributed by atoms with van der Waals surface area (Å²) in [6, 6.07) is 6.97. The number of carbonyl (C=O) groups is 2. The number of amides is 2. The Morgan fingerprint density at radius 2 is 1.66 bits per heavy atom. The van der Waals surface area contributed by atoms with Crippen molar-refractivity contribution in [2.24, 2.45) is 5.73 Å². The summed E-state index contributed by atoms with van der Waals surface area (Å²) in [6.07, 6.45) is -4.69. The van der Waals surface area contributed by atoms with Crippen molar-refractivity contribution in [3.63, 3.8) is 0 Å². The number of benzene rings is 2. The smallest absolute Gasteiger partial charge is 0.369 e. The fraction of sp³-hybridized carbons (Fsp3) is 0.444. The van der Waals surface area contributed by atoms with Crippen molar-refractivity contribution in [3.8, 4) is 17.2 Å². The fourth-order valence-electron chi connectivity index (χ4n) is 4.06. The summed E-state index contributed by atoms with van der Waals surface area (Å²) in [4.78, 5) is 24.2. The number of carbonyl (C=O) groups excluding carboxylic acids is 2. The van der Waals surface area contributed by atoms with Crippen LogP contribution in [0.2, 0.25) is 0 Å². The van der Waals surface area contributed by atoms with E-state index < -0.39 is 59.4 Å². The van der Waals surface area contributed by atoms with Gasteiger partial charge in [0.25, 0.3) is 0 Å². The summed E-state index contributed by atoms with van der Waals surface area (Å²) in [5.74, 6) is -2.92. The van der Waals surface area contributed by atoms with Crippen LogP contribution in [0.3, 0.4) is 0 Å². The molecule has 0 saturated heterocycles. The Labute approximate surface area is 217 Å². The standard InChI is InChI=1S/C27H29F5N4O2/c1-15(23(34)37)18-8-9-19(20(28)12-18)16-4-6-17(7-5-16)22(27(30,31)32)35-21(13-25(2,3)29)24(38)36-26(14-33)10-11-26/h4-9,12,15,21-22,35H,10-11,13H2,1-3H3,(H2,34,37)(H,36,38)/t15-,21+,22+/m1/s1. The Hall–Kier alpha value is -3.52. The van der Waals surface area contributed by atoms with E-state index in [1.807, 2.05) is 6.07 Å². The van der Waals surface area contributed by atoms with E-state index in [1.165, 1.54) is 31.2 Å². The van der Waals surface area contributed by atoms with E-state index in [0.717, 1.165) is 32.0 Å². The highest BCUT2D eigenvalue weighted by molar-refractivity contribution is 5.83. The van der Waals surface area contributed by atoms with Gasteiger partial charge in [-0.15, -0.1) is 0 Å². The average Bonchev–Trinajstić information content (AvgIpc) is 3.59. The minimum Gasteiger partial charge on any atom is -0.369 e. The molecule has 6 nitrogen and oxygen atoms in total. The number of nitrogens with two attached hydrogens (primary N) is 1. The van der Waals surface area contributed by atoms with Crippen LogP contribution >= 0.6 is 0 Å². The summed E-state index contributed by atoms with van der Waals surface area (Å²) in [5.41, 5.74) is 2.63. The number of alkyl halides is 4. The van der Waals surface area contributed by atoms with Gasteiger partial charge in [-0.3, -0.25) is 14.9 Å². The number of nitrogens with zero attached hydrogens (tertiary/aromatic N) is 1. The summed E-state index contributed by atoms with van der Waals surface area (Å²) in [5, 5.41) is 13.9. The van der Waals surface area contributed by atoms with Gasteiger partial charge in [0.2, 0.25) is 11.8 Å². The quantitative estimate of drug-likeness (QED) is 0.373. The van der Waals surface area contributed by atoms with E-state index in [2.05, 4.69) is 10.6 Å². The van der Waals surface area contributed by atoms with E-state index in [1.54, 1.807) is 0 Å². The van der Waals surface area contributed by atoms with E-state index in [-0.39, 0.29) is 16.7 Å². The summed E-state index contributed by atoms with van der Waals surface area (Å²) in [6.45, 7) is 3.82. The normalized spacial score (nSPS) is 17.1. The molecule has 0 bridgehead atoms. The van der Waals surface area contributed by atoms with Gasteiger partial charge >= 0.3 is 6.18 Å². The Morgan fingerprint density at radius 3 is 2.11 bits per heavy atom. The summed E-state index contributed by atoms with van der Waals surface area (Å²) in [7, 11) is 0. The van der Waals surface area contributed by atoms with Crippen molar-refractivity contribution in [1.82, 2.24) is 10.6 Å². The first kappa shape index (κ1) is 29.0. The third-order valence-electron chi connectivity index (χ3n) is 6.50. The molecule has 204 valence electrons. The average molecular weight is 537 g/mol. The summed E-state index contributed by atoms with van der Waals surface area (Å²) < 4.78 is 71.5. The molecule has 4 N–H and O–H groups in total. The van der Waals surface area contributed by atoms with Gasteiger partial charge in [0.1, 0.15) is 23.1 Å². The minimum absolute atomic E-state index is 0.108. The second-order valence-electron chi connectivity index (χ2n) is 10.3. The molecule has 1 fully saturated rings. The molecule has 0 radical (unpaired) electrons. The van der Waals surface area contributed by atoms with Gasteiger partial charge in [-0.1, -0.05) is 36.4 Å². The maximum Gasteiger partial charge on any atom is 0.407 e. The van der Waals surface area contributed by atoms with E-state index in [0.29, 0.717) is 18.4 Å². The largest absolute Gasteiger partial charge is 0.407 e. The van der Waals surface area contributed by atoms with Crippen molar-refractivity contribution >= 4 is 11.8 Å². The molecule has 3 atom stereocenters. The number of hydrogen-bond acceptors (Lipinski definition) is 4. The van der Waals surface area contributed by atoms with Gasteiger partial charge in [0.05, 0.1) is 18.0 Å². The Balaban J connectivity index is 1.88. The predicted molar refractivity (Wildman–Crippen MR) is 131 cm³/mol. The highest BCUT2D eigenvalue weighted by atomic mass is 19.4. The summed E-state index contributed by atoms with van der Waals surface area (Å²) >= 11 is 0. The third-order valence-corrected chi connectivity index (χ3v) is 6.50. The highest BCUT2D eigenvalue weighted by Crippen LogP contribution is 2.37. The first-order chi connectivity index (χ1) is 17.5. The van der Waals surface area contributed by atoms with Crippen molar-refractivity contribution in [1.29, 1.82) is 5.26 Å². The second kappa shape index (κ2) is 10.7. The van der Waals surface area contributed by atoms with Gasteiger partial charge in [-0.2, -0.15) is 18.4 Å². The third kappa shape index (κ3) is 7.07. The molecule has 0 aromatic heterocycles. The number of primary amides is 1. The first-order valence-corrected chi connectivity index (χ1v) is 12.0. The molecular weight excluding hydrogens is 507 g/mol. The molecule has 0 unspecified atom stereocenters. The molecule has 2 aromatic carbocycles. The van der Waals surface area contributed by atoms with E-state index in [9.17, 15) is 36.8 Å². The lowest BCUT2D eigenvalue weighted by Crippen LogP contribution is -2.53. The molecular formula is C27H29F5N4O2. The lowest BCUT2D eigenvalue weighted by atomic mass is 9.94. The van der Waals surface area contributed by atoms with Crippen molar-refractivity contribution in [2.45, 2.75) is 75.4 Å². The van der Waals surface area contributed by atoms with Crippen LogP contribution in [0.25, 0.3) is 11.1 Å². The predicted octanol–water partition coefficient (Wildman–Crippen LogP) is 4.95. The fourth-order valence-corrected chi connectivity index (χ4v) is 4.06. The van der Waals surface area contributed by atoms with Gasteiger partial charge in [0, 0.05) is 12.0 Å². The molecule has 2 amide bonds. The molecule has 1 aliphatic rings. The lowest BCUT2D eigenvalue weighted by Gasteiger charge is -2.30. The molecule has 0 spiro atoms. The number of nitrogens with one attached hydrogen (secondary N) is 2. The molecule has 1 aliphatic carbocycles. The number of hydrogen-bond donors (Lipinski definition) is 3. The number of nitriles is 1. The Bertz CT molecular complexity index is 1230. The second-order valence-corrected chi connectivity index (χ2v) is 10.3. The van der Waals surface area contributed by atoms with Crippen LogP contribution in [0.5, 0.6) is 0 Å². The van der Waals surface area contributed by atoms with Crippen molar-refractivity contribution in [3.05, 3.63) is 59.4 Å². The van der Waals surface area contributed by atoms with Crippen molar-refractivity contribution in [2.75, 3.05) is 0 Å². The zero-order valence-electron chi connectivity index (χ0n) is 21.1. The Morgan fingerprint density at radius 1 is 1.08 bits per heavy atom. The monoisotopic (exact) mass is 536 g/mol. The number of halogens is 5. The zero-order chi connectivity index (χ0) is 28.5. The van der Waals surface area contributed by atoms with Crippen molar-refractivity contribution < 1.29 is 31.5 Å². The molecule has 38 heavy (non-hydrogen) atoms. The van der Waals surface area contributed by atoms with Gasteiger partial charge in [-0.25, -0.2) is 8.78 Å². The molecule has 1 saturated carbocycles. The van der Waals surface area contributed by atoms with E-state index >= 15 is 0 Å². The van der Waals surface area contributed by atoms with Gasteiger partial charge < -0.3 is 11.1 Å². The molecule has 0 heterocycles. The van der Waals surface area contributed by atoms with Crippen LogP contribution in [-0.4, -0.2) is 35.2 Å². The molecule has 0 aliphatic heterocycles. The zero-order valence-corrected chi connectivity index (χ0v) is 21.1. The van der Waals surface area contributed by atoms with Gasteiger partial charge in [0.15, 0.2) is 0 Å². The van der Waals surface area contributed by atoms with Crippen LogP contribution in [0.4, 0.5) is 22.0 Å². The molecule has 3 rings (SSSR count). The van der Waals surface area contributed by atoms with Gasteiger partial charge in [-0.05, 0) is 56.4 Å². The van der Waals surface area contributed by atoms with Crippen LogP contribution in [0, 0.1) is 17.1 Å². The molecule has 11 heteroatoms. The number of rotatable bonds is 10. The van der Waals surface area contributed by atoms with E-state index in [4.69, 9.17) is 5.73 Å². The maximum atomic E-state index is 14.7. The lowest BCUT2D eigenvalue weighted by molar-refractivity contribution is -0.161. The minimum atomic E-state index is -4.86. The van der Waals surface area contributed by atoms with Crippen LogP contribution in [0.15, 0.2) is 42.5 Å². The maximum absolute atomic E-state index is 14.7. The molecule has 2 aromatic rings. The van der Waals surface area contributed by atoms with Crippen LogP contribution in [0.1, 0.15) is 63.1 Å². The Kier molecular flexibility index (Phi) is 8.17. The highest BCUT2D eigenvalue weighted by Gasteiger charge is 2.48. The first-order valence-electron chi connectivity index (χ1n) is 12.0. The van der Waals surface area contributed by atoms with Crippen LogP contribution < -0.4 is 16.4 Å². The SMILES string of the molecule is C[C@@H](C(N)=O)c1ccc(-c2ccc([C@H](N[C@@H](CC(C)(C)F)C(=O)NC3(C#N)CC3)C(F)(F)F)cc2)c(F)c1. The van der Waals surface area contributed by atoms with Crippen LogP contribution in [-0.2, 0) is 9.59 Å². The topological polar surface area (TPSA) is 108 Å².